The summed E-state index contributed by atoms with van der Waals surface area (Å²) < 4.78 is 12.4. The zero-order valence-corrected chi connectivity index (χ0v) is 14.1. The van der Waals surface area contributed by atoms with Crippen molar-refractivity contribution in [1.82, 2.24) is 5.43 Å². The Balaban J connectivity index is 2.14. The summed E-state index contributed by atoms with van der Waals surface area (Å²) in [4.78, 5) is 0. The Labute approximate surface area is 130 Å². The smallest absolute Gasteiger partial charge is 0.0845 e. The lowest BCUT2D eigenvalue weighted by molar-refractivity contribution is -0.133. The van der Waals surface area contributed by atoms with Gasteiger partial charge in [0.2, 0.25) is 0 Å². The van der Waals surface area contributed by atoms with Gasteiger partial charge in [-0.1, -0.05) is 26.7 Å². The van der Waals surface area contributed by atoms with Crippen LogP contribution in [0.1, 0.15) is 72.1 Å². The third kappa shape index (κ3) is 3.44. The third-order valence-corrected chi connectivity index (χ3v) is 5.89. The molecule has 1 saturated heterocycles. The normalized spacial score (nSPS) is 27.1. The Bertz CT molecular complexity index is 312. The molecule has 124 valence electrons. The molecule has 2 atom stereocenters. The van der Waals surface area contributed by atoms with Crippen molar-refractivity contribution in [3.63, 3.8) is 0 Å². The fraction of sp³-hybridized carbons (Fsp3) is 1.00. The molecule has 1 spiro atoms. The van der Waals surface area contributed by atoms with E-state index < -0.39 is 0 Å². The van der Waals surface area contributed by atoms with Gasteiger partial charge in [0.25, 0.3) is 0 Å². The van der Waals surface area contributed by atoms with Gasteiger partial charge in [0.15, 0.2) is 0 Å². The number of hydrazine groups is 1. The van der Waals surface area contributed by atoms with Crippen molar-refractivity contribution in [2.24, 2.45) is 11.8 Å². The van der Waals surface area contributed by atoms with Crippen molar-refractivity contribution < 1.29 is 9.47 Å². The number of rotatable bonds is 7. The zero-order chi connectivity index (χ0) is 15.3. The molecule has 4 heteroatoms. The van der Waals surface area contributed by atoms with Crippen molar-refractivity contribution in [1.29, 1.82) is 0 Å². The summed E-state index contributed by atoms with van der Waals surface area (Å²) in [6.07, 6.45) is 9.29. The summed E-state index contributed by atoms with van der Waals surface area (Å²) >= 11 is 0. The van der Waals surface area contributed by atoms with Crippen LogP contribution < -0.4 is 11.3 Å². The number of nitrogens with one attached hydrogen (secondary N) is 1. The zero-order valence-electron chi connectivity index (χ0n) is 14.1. The minimum absolute atomic E-state index is 0.136. The van der Waals surface area contributed by atoms with E-state index in [0.29, 0.717) is 5.92 Å². The second-order valence-electron chi connectivity index (χ2n) is 6.84. The fourth-order valence-corrected chi connectivity index (χ4v) is 4.71. The van der Waals surface area contributed by atoms with E-state index in [-0.39, 0.29) is 17.2 Å². The van der Waals surface area contributed by atoms with Gasteiger partial charge in [0.05, 0.1) is 17.2 Å². The molecule has 0 aromatic rings. The first-order valence-corrected chi connectivity index (χ1v) is 8.89. The van der Waals surface area contributed by atoms with E-state index in [1.165, 1.54) is 25.7 Å². The lowest BCUT2D eigenvalue weighted by atomic mass is 9.73. The number of hydrogen-bond donors (Lipinski definition) is 2. The second-order valence-corrected chi connectivity index (χ2v) is 6.84. The Morgan fingerprint density at radius 3 is 2.48 bits per heavy atom. The standard InChI is InChI=1S/C17H34N2O2/c1-4-17(5-2,20-6-3)15(19-18)14-9-12-21-16(13-14)10-7-8-11-16/h14-15,19H,4-13,18H2,1-3H3. The summed E-state index contributed by atoms with van der Waals surface area (Å²) in [7, 11) is 0. The molecule has 0 bridgehead atoms. The van der Waals surface area contributed by atoms with E-state index in [1.54, 1.807) is 0 Å². The molecule has 2 rings (SSSR count). The summed E-state index contributed by atoms with van der Waals surface area (Å²) in [5.41, 5.74) is 3.11. The molecule has 1 saturated carbocycles. The minimum atomic E-state index is -0.148. The molecule has 0 radical (unpaired) electrons. The van der Waals surface area contributed by atoms with Gasteiger partial charge in [-0.15, -0.1) is 0 Å². The van der Waals surface area contributed by atoms with Gasteiger partial charge in [-0.25, -0.2) is 0 Å². The number of nitrogens with two attached hydrogens (primary N) is 1. The molecule has 1 heterocycles. The fourth-order valence-electron chi connectivity index (χ4n) is 4.71. The van der Waals surface area contributed by atoms with Crippen molar-refractivity contribution in [3.8, 4) is 0 Å². The van der Waals surface area contributed by atoms with Crippen molar-refractivity contribution in [3.05, 3.63) is 0 Å². The summed E-state index contributed by atoms with van der Waals surface area (Å²) in [6, 6.07) is 0.217. The SMILES string of the molecule is CCOC(CC)(CC)C(NN)C1CCOC2(CCCC2)C1. The molecule has 1 aliphatic carbocycles. The maximum atomic E-state index is 6.20. The van der Waals surface area contributed by atoms with Crippen molar-refractivity contribution in [2.45, 2.75) is 89.4 Å². The van der Waals surface area contributed by atoms with Crippen molar-refractivity contribution in [2.75, 3.05) is 13.2 Å². The lowest BCUT2D eigenvalue weighted by Gasteiger charge is -2.47. The number of hydrogen-bond acceptors (Lipinski definition) is 4. The molecule has 0 aromatic heterocycles. The van der Waals surface area contributed by atoms with Gasteiger partial charge in [-0.2, -0.15) is 0 Å². The summed E-state index contributed by atoms with van der Waals surface area (Å²) in [5, 5.41) is 0. The summed E-state index contributed by atoms with van der Waals surface area (Å²) in [5.74, 6) is 6.54. The highest BCUT2D eigenvalue weighted by Gasteiger charge is 2.47. The van der Waals surface area contributed by atoms with Gasteiger partial charge in [-0.3, -0.25) is 11.3 Å². The molecule has 0 aromatic carbocycles. The monoisotopic (exact) mass is 298 g/mol. The van der Waals surface area contributed by atoms with Crippen LogP contribution in [0, 0.1) is 5.92 Å². The van der Waals surface area contributed by atoms with Crippen LogP contribution in [-0.4, -0.2) is 30.5 Å². The first-order valence-electron chi connectivity index (χ1n) is 8.89. The Morgan fingerprint density at radius 2 is 1.95 bits per heavy atom. The van der Waals surface area contributed by atoms with E-state index >= 15 is 0 Å². The van der Waals surface area contributed by atoms with Crippen LogP contribution in [0.4, 0.5) is 0 Å². The molecule has 2 unspecified atom stereocenters. The van der Waals surface area contributed by atoms with Gasteiger partial charge >= 0.3 is 0 Å². The second kappa shape index (κ2) is 7.40. The molecule has 4 nitrogen and oxygen atoms in total. The molecule has 0 amide bonds. The van der Waals surface area contributed by atoms with Gasteiger partial charge in [0.1, 0.15) is 0 Å². The molecular weight excluding hydrogens is 264 g/mol. The average Bonchev–Trinajstić information content (AvgIpc) is 2.95. The maximum Gasteiger partial charge on any atom is 0.0845 e. The number of ether oxygens (including phenoxy) is 2. The highest BCUT2D eigenvalue weighted by molar-refractivity contribution is 5.00. The largest absolute Gasteiger partial charge is 0.375 e. The first-order chi connectivity index (χ1) is 10.2. The van der Waals surface area contributed by atoms with Crippen LogP contribution >= 0.6 is 0 Å². The van der Waals surface area contributed by atoms with E-state index in [4.69, 9.17) is 15.3 Å². The Kier molecular flexibility index (Phi) is 6.06. The van der Waals surface area contributed by atoms with Crippen molar-refractivity contribution >= 4 is 0 Å². The predicted molar refractivity (Wildman–Crippen MR) is 85.9 cm³/mol. The molecule has 2 fully saturated rings. The van der Waals surface area contributed by atoms with E-state index in [2.05, 4.69) is 26.2 Å². The molecule has 3 N–H and O–H groups in total. The van der Waals surface area contributed by atoms with Gasteiger partial charge in [-0.05, 0) is 51.4 Å². The quantitative estimate of drug-likeness (QED) is 0.560. The lowest BCUT2D eigenvalue weighted by Crippen LogP contribution is -2.60. The maximum absolute atomic E-state index is 6.20. The topological polar surface area (TPSA) is 56.5 Å². The highest BCUT2D eigenvalue weighted by atomic mass is 16.5. The van der Waals surface area contributed by atoms with E-state index in [0.717, 1.165) is 38.9 Å². The molecule has 21 heavy (non-hydrogen) atoms. The van der Waals surface area contributed by atoms with Crippen LogP contribution in [0.25, 0.3) is 0 Å². The first kappa shape index (κ1) is 17.2. The van der Waals surface area contributed by atoms with Crippen LogP contribution in [0.2, 0.25) is 0 Å². The third-order valence-electron chi connectivity index (χ3n) is 5.89. The predicted octanol–water partition coefficient (Wildman–Crippen LogP) is 3.15. The van der Waals surface area contributed by atoms with Crippen LogP contribution in [-0.2, 0) is 9.47 Å². The highest BCUT2D eigenvalue weighted by Crippen LogP contribution is 2.45. The molecule has 2 aliphatic rings. The van der Waals surface area contributed by atoms with Crippen LogP contribution in [0.5, 0.6) is 0 Å². The molecular formula is C17H34N2O2. The minimum Gasteiger partial charge on any atom is -0.375 e. The van der Waals surface area contributed by atoms with Crippen LogP contribution in [0.15, 0.2) is 0 Å². The average molecular weight is 298 g/mol. The van der Waals surface area contributed by atoms with Gasteiger partial charge in [0, 0.05) is 13.2 Å². The Hall–Kier alpha value is -0.160. The van der Waals surface area contributed by atoms with E-state index in [1.807, 2.05) is 0 Å². The van der Waals surface area contributed by atoms with E-state index in [9.17, 15) is 0 Å². The van der Waals surface area contributed by atoms with Crippen LogP contribution in [0.3, 0.4) is 0 Å². The summed E-state index contributed by atoms with van der Waals surface area (Å²) in [6.45, 7) is 8.13. The molecule has 1 aliphatic heterocycles. The van der Waals surface area contributed by atoms with Gasteiger partial charge < -0.3 is 9.47 Å². The Morgan fingerprint density at radius 1 is 1.29 bits per heavy atom.